The van der Waals surface area contributed by atoms with Crippen molar-refractivity contribution in [3.63, 3.8) is 0 Å². The predicted octanol–water partition coefficient (Wildman–Crippen LogP) is 2.35. The van der Waals surface area contributed by atoms with E-state index in [2.05, 4.69) is 30.4 Å². The van der Waals surface area contributed by atoms with Crippen molar-refractivity contribution < 1.29 is 4.79 Å². The summed E-state index contributed by atoms with van der Waals surface area (Å²) in [5.41, 5.74) is 3.87. The fourth-order valence-corrected chi connectivity index (χ4v) is 2.00. The molecule has 0 spiro atoms. The molecule has 1 aromatic carbocycles. The number of benzene rings is 1. The van der Waals surface area contributed by atoms with Gasteiger partial charge in [-0.05, 0) is 23.6 Å². The summed E-state index contributed by atoms with van der Waals surface area (Å²) in [5, 5.41) is 3.33. The third-order valence-electron chi connectivity index (χ3n) is 2.88. The summed E-state index contributed by atoms with van der Waals surface area (Å²) in [6.07, 6.45) is 2.70. The Kier molecular flexibility index (Phi) is 2.53. The van der Waals surface area contributed by atoms with Gasteiger partial charge < -0.3 is 10.1 Å². The van der Waals surface area contributed by atoms with E-state index in [0.29, 0.717) is 12.3 Å². The fraction of sp³-hybridized carbons (Fsp3) is 0.417. The van der Waals surface area contributed by atoms with Gasteiger partial charge in [-0.15, -0.1) is 0 Å². The number of fused-ring (bicyclic) bond motifs is 1. The van der Waals surface area contributed by atoms with E-state index in [1.54, 1.807) is 0 Å². The molecule has 14 heavy (non-hydrogen) atoms. The molecule has 0 amide bonds. The van der Waals surface area contributed by atoms with E-state index >= 15 is 0 Å². The molecule has 1 atom stereocenters. The second kappa shape index (κ2) is 3.82. The van der Waals surface area contributed by atoms with E-state index in [-0.39, 0.29) is 0 Å². The van der Waals surface area contributed by atoms with Crippen LogP contribution in [0.15, 0.2) is 18.2 Å². The maximum atomic E-state index is 10.5. The molecule has 0 saturated carbocycles. The Balaban J connectivity index is 2.31. The zero-order valence-corrected chi connectivity index (χ0v) is 8.42. The van der Waals surface area contributed by atoms with Crippen LogP contribution in [0.2, 0.25) is 0 Å². The zero-order chi connectivity index (χ0) is 9.97. The Hall–Kier alpha value is -1.31. The average molecular weight is 189 g/mol. The number of hydrogen-bond donors (Lipinski definition) is 1. The summed E-state index contributed by atoms with van der Waals surface area (Å²) in [6.45, 7) is 3.06. The first-order valence-electron chi connectivity index (χ1n) is 5.15. The fourth-order valence-electron chi connectivity index (χ4n) is 2.00. The van der Waals surface area contributed by atoms with Crippen molar-refractivity contribution in [2.75, 3.05) is 11.9 Å². The smallest absolute Gasteiger partial charge is 0.120 e. The van der Waals surface area contributed by atoms with Crippen LogP contribution < -0.4 is 5.32 Å². The molecule has 1 aliphatic rings. The van der Waals surface area contributed by atoms with Gasteiger partial charge >= 0.3 is 0 Å². The van der Waals surface area contributed by atoms with Gasteiger partial charge in [-0.3, -0.25) is 0 Å². The first-order valence-corrected chi connectivity index (χ1v) is 5.15. The molecular formula is C12H15NO. The van der Waals surface area contributed by atoms with Crippen LogP contribution in [0.5, 0.6) is 0 Å². The van der Waals surface area contributed by atoms with Gasteiger partial charge in [0.15, 0.2) is 0 Å². The molecule has 0 radical (unpaired) electrons. The van der Waals surface area contributed by atoms with Crippen molar-refractivity contribution in [2.45, 2.75) is 25.7 Å². The third-order valence-corrected chi connectivity index (χ3v) is 2.88. The molecule has 2 heteroatoms. The van der Waals surface area contributed by atoms with Crippen molar-refractivity contribution in [3.8, 4) is 0 Å². The lowest BCUT2D eigenvalue weighted by Gasteiger charge is -2.06. The highest BCUT2D eigenvalue weighted by atomic mass is 16.1. The maximum absolute atomic E-state index is 10.5. The molecule has 0 aliphatic carbocycles. The Labute approximate surface area is 84.3 Å². The number of rotatable bonds is 3. The Morgan fingerprint density at radius 3 is 3.14 bits per heavy atom. The molecule has 0 aromatic heterocycles. The van der Waals surface area contributed by atoms with Crippen LogP contribution in [0.1, 0.15) is 30.4 Å². The van der Waals surface area contributed by atoms with Crippen LogP contribution in [0.3, 0.4) is 0 Å². The number of anilines is 1. The van der Waals surface area contributed by atoms with Crippen molar-refractivity contribution in [1.82, 2.24) is 0 Å². The SMILES string of the molecule is CCc1ccc2c(c1)C(CC=O)CN2. The van der Waals surface area contributed by atoms with Gasteiger partial charge in [-0.2, -0.15) is 0 Å². The predicted molar refractivity (Wildman–Crippen MR) is 57.7 cm³/mol. The molecule has 2 rings (SSSR count). The highest BCUT2D eigenvalue weighted by Crippen LogP contribution is 2.33. The van der Waals surface area contributed by atoms with Gasteiger partial charge in [0.05, 0.1) is 0 Å². The summed E-state index contributed by atoms with van der Waals surface area (Å²) in [4.78, 5) is 10.5. The monoisotopic (exact) mass is 189 g/mol. The van der Waals surface area contributed by atoms with Gasteiger partial charge in [0.25, 0.3) is 0 Å². The molecule has 74 valence electrons. The van der Waals surface area contributed by atoms with Gasteiger partial charge in [0.1, 0.15) is 6.29 Å². The van der Waals surface area contributed by atoms with Gasteiger partial charge in [0, 0.05) is 24.6 Å². The Morgan fingerprint density at radius 1 is 1.57 bits per heavy atom. The van der Waals surface area contributed by atoms with E-state index in [9.17, 15) is 4.79 Å². The first-order chi connectivity index (χ1) is 6.85. The van der Waals surface area contributed by atoms with Crippen LogP contribution in [0, 0.1) is 0 Å². The Bertz CT molecular complexity index is 346. The minimum atomic E-state index is 0.383. The normalized spacial score (nSPS) is 18.8. The molecule has 1 aliphatic heterocycles. The number of hydrogen-bond acceptors (Lipinski definition) is 2. The van der Waals surface area contributed by atoms with Crippen molar-refractivity contribution in [1.29, 1.82) is 0 Å². The lowest BCUT2D eigenvalue weighted by atomic mass is 9.96. The van der Waals surface area contributed by atoms with Crippen molar-refractivity contribution >= 4 is 12.0 Å². The summed E-state index contributed by atoms with van der Waals surface area (Å²) in [5.74, 6) is 0.383. The number of aryl methyl sites for hydroxylation is 1. The molecular weight excluding hydrogens is 174 g/mol. The highest BCUT2D eigenvalue weighted by molar-refractivity contribution is 5.62. The van der Waals surface area contributed by atoms with Gasteiger partial charge in [0.2, 0.25) is 0 Å². The molecule has 2 nitrogen and oxygen atoms in total. The highest BCUT2D eigenvalue weighted by Gasteiger charge is 2.21. The number of carbonyl (C=O) groups excluding carboxylic acids is 1. The number of carbonyl (C=O) groups is 1. The molecule has 1 aromatic rings. The summed E-state index contributed by atoms with van der Waals surface area (Å²) in [7, 11) is 0. The van der Waals surface area contributed by atoms with Crippen LogP contribution in [0.25, 0.3) is 0 Å². The second-order valence-corrected chi connectivity index (χ2v) is 3.76. The maximum Gasteiger partial charge on any atom is 0.120 e. The molecule has 0 bridgehead atoms. The van der Waals surface area contributed by atoms with Crippen LogP contribution in [0.4, 0.5) is 5.69 Å². The second-order valence-electron chi connectivity index (χ2n) is 3.76. The summed E-state index contributed by atoms with van der Waals surface area (Å²) in [6, 6.07) is 6.50. The molecule has 0 saturated heterocycles. The minimum Gasteiger partial charge on any atom is -0.384 e. The minimum absolute atomic E-state index is 0.383. The molecule has 1 heterocycles. The van der Waals surface area contributed by atoms with E-state index in [1.807, 2.05) is 0 Å². The lowest BCUT2D eigenvalue weighted by molar-refractivity contribution is -0.108. The largest absolute Gasteiger partial charge is 0.384 e. The topological polar surface area (TPSA) is 29.1 Å². The lowest BCUT2D eigenvalue weighted by Crippen LogP contribution is -2.02. The average Bonchev–Trinajstić information content (AvgIpc) is 2.61. The molecule has 0 fully saturated rings. The van der Waals surface area contributed by atoms with E-state index in [1.165, 1.54) is 16.8 Å². The zero-order valence-electron chi connectivity index (χ0n) is 8.42. The van der Waals surface area contributed by atoms with E-state index in [4.69, 9.17) is 0 Å². The summed E-state index contributed by atoms with van der Waals surface area (Å²) >= 11 is 0. The van der Waals surface area contributed by atoms with Gasteiger partial charge in [-0.25, -0.2) is 0 Å². The standard InChI is InChI=1S/C12H15NO/c1-2-9-3-4-12-11(7-9)10(5-6-14)8-13-12/h3-4,6-7,10,13H,2,5,8H2,1H3. The Morgan fingerprint density at radius 2 is 2.43 bits per heavy atom. The number of nitrogens with one attached hydrogen (secondary N) is 1. The first kappa shape index (κ1) is 9.25. The molecule has 1 N–H and O–H groups in total. The van der Waals surface area contributed by atoms with Crippen molar-refractivity contribution in [2.24, 2.45) is 0 Å². The summed E-state index contributed by atoms with van der Waals surface area (Å²) < 4.78 is 0. The van der Waals surface area contributed by atoms with Crippen LogP contribution >= 0.6 is 0 Å². The van der Waals surface area contributed by atoms with E-state index < -0.39 is 0 Å². The number of aldehydes is 1. The quantitative estimate of drug-likeness (QED) is 0.739. The van der Waals surface area contributed by atoms with Crippen LogP contribution in [-0.2, 0) is 11.2 Å². The van der Waals surface area contributed by atoms with E-state index in [0.717, 1.165) is 19.3 Å². The van der Waals surface area contributed by atoms with Gasteiger partial charge in [-0.1, -0.05) is 19.1 Å². The third kappa shape index (κ3) is 1.52. The van der Waals surface area contributed by atoms with Crippen LogP contribution in [-0.4, -0.2) is 12.8 Å². The molecule has 1 unspecified atom stereocenters. The van der Waals surface area contributed by atoms with Crippen molar-refractivity contribution in [3.05, 3.63) is 29.3 Å².